The van der Waals surface area contributed by atoms with E-state index in [1.807, 2.05) is 26.0 Å². The molecule has 7 nitrogen and oxygen atoms in total. The fourth-order valence-corrected chi connectivity index (χ4v) is 2.26. The average molecular weight is 321 g/mol. The Balaban J connectivity index is 1.86. The van der Waals surface area contributed by atoms with Gasteiger partial charge in [0.05, 0.1) is 26.4 Å². The molecule has 1 aromatic rings. The number of hydrogen-bond acceptors (Lipinski definition) is 5. The van der Waals surface area contributed by atoms with Crippen molar-refractivity contribution in [3.8, 4) is 0 Å². The van der Waals surface area contributed by atoms with Crippen molar-refractivity contribution < 1.29 is 19.1 Å². The van der Waals surface area contributed by atoms with E-state index in [9.17, 15) is 9.59 Å². The van der Waals surface area contributed by atoms with Crippen LogP contribution in [0.5, 0.6) is 0 Å². The molecule has 0 spiro atoms. The Labute approximate surface area is 136 Å². The molecule has 1 unspecified atom stereocenters. The third-order valence-electron chi connectivity index (χ3n) is 3.54. The Hall–Kier alpha value is -1.99. The van der Waals surface area contributed by atoms with Gasteiger partial charge in [-0.3, -0.25) is 14.6 Å². The number of nitrogens with zero attached hydrogens (tertiary/aromatic N) is 2. The van der Waals surface area contributed by atoms with Crippen molar-refractivity contribution >= 4 is 11.8 Å². The highest BCUT2D eigenvalue weighted by molar-refractivity contribution is 5.87. The summed E-state index contributed by atoms with van der Waals surface area (Å²) in [6, 6.07) is 3.77. The molecule has 2 amide bonds. The second kappa shape index (κ2) is 8.59. The summed E-state index contributed by atoms with van der Waals surface area (Å²) in [6.07, 6.45) is 2.79. The van der Waals surface area contributed by atoms with Crippen LogP contribution in [0, 0.1) is 0 Å². The van der Waals surface area contributed by atoms with Gasteiger partial charge in [0, 0.05) is 25.0 Å². The van der Waals surface area contributed by atoms with Crippen molar-refractivity contribution in [2.24, 2.45) is 0 Å². The van der Waals surface area contributed by atoms with Crippen LogP contribution in [0.25, 0.3) is 0 Å². The molecular formula is C16H23N3O4. The molecule has 0 aromatic carbocycles. The van der Waals surface area contributed by atoms with Crippen LogP contribution in [0.2, 0.25) is 0 Å². The maximum absolute atomic E-state index is 12.4. The lowest BCUT2D eigenvalue weighted by atomic mass is 10.2. The highest BCUT2D eigenvalue weighted by Gasteiger charge is 2.24. The summed E-state index contributed by atoms with van der Waals surface area (Å²) in [6.45, 7) is 5.40. The van der Waals surface area contributed by atoms with E-state index in [2.05, 4.69) is 10.3 Å². The highest BCUT2D eigenvalue weighted by atomic mass is 16.6. The molecule has 1 aliphatic heterocycles. The van der Waals surface area contributed by atoms with Gasteiger partial charge in [0.25, 0.3) is 5.91 Å². The number of ether oxygens (including phenoxy) is 2. The van der Waals surface area contributed by atoms with Crippen molar-refractivity contribution in [2.45, 2.75) is 32.5 Å². The zero-order valence-corrected chi connectivity index (χ0v) is 13.5. The zero-order valence-electron chi connectivity index (χ0n) is 13.5. The molecule has 1 N–H and O–H groups in total. The van der Waals surface area contributed by atoms with Gasteiger partial charge in [-0.15, -0.1) is 0 Å². The maximum Gasteiger partial charge on any atom is 0.251 e. The topological polar surface area (TPSA) is 80.8 Å². The number of hydrogen-bond donors (Lipinski definition) is 1. The van der Waals surface area contributed by atoms with E-state index in [1.54, 1.807) is 17.3 Å². The van der Waals surface area contributed by atoms with Gasteiger partial charge >= 0.3 is 0 Å². The minimum atomic E-state index is -0.637. The summed E-state index contributed by atoms with van der Waals surface area (Å²) < 4.78 is 10.5. The lowest BCUT2D eigenvalue weighted by molar-refractivity contribution is -0.149. The van der Waals surface area contributed by atoms with Crippen LogP contribution in [-0.4, -0.2) is 60.2 Å². The van der Waals surface area contributed by atoms with Crippen LogP contribution >= 0.6 is 0 Å². The lowest BCUT2D eigenvalue weighted by Crippen LogP contribution is -2.48. The Morgan fingerprint density at radius 3 is 2.87 bits per heavy atom. The predicted molar refractivity (Wildman–Crippen MR) is 83.5 cm³/mol. The summed E-state index contributed by atoms with van der Waals surface area (Å²) in [5.74, 6) is -0.461. The summed E-state index contributed by atoms with van der Waals surface area (Å²) in [5, 5.41) is 2.62. The summed E-state index contributed by atoms with van der Waals surface area (Å²) in [4.78, 5) is 30.1. The summed E-state index contributed by atoms with van der Waals surface area (Å²) >= 11 is 0. The Morgan fingerprint density at radius 1 is 1.43 bits per heavy atom. The van der Waals surface area contributed by atoms with Gasteiger partial charge in [-0.2, -0.15) is 0 Å². The normalized spacial score (nSPS) is 17.8. The predicted octanol–water partition coefficient (Wildman–Crippen LogP) is 0.350. The molecule has 0 bridgehead atoms. The van der Waals surface area contributed by atoms with E-state index in [0.29, 0.717) is 19.8 Å². The molecule has 1 atom stereocenters. The first-order chi connectivity index (χ1) is 11.1. The van der Waals surface area contributed by atoms with Crippen LogP contribution in [0.3, 0.4) is 0 Å². The van der Waals surface area contributed by atoms with Crippen LogP contribution < -0.4 is 5.32 Å². The molecule has 1 fully saturated rings. The summed E-state index contributed by atoms with van der Waals surface area (Å²) in [5.41, 5.74) is 0.949. The molecule has 23 heavy (non-hydrogen) atoms. The fourth-order valence-electron chi connectivity index (χ4n) is 2.26. The number of rotatable bonds is 6. The first-order valence-electron chi connectivity index (χ1n) is 7.73. The molecule has 126 valence electrons. The second-order valence-electron chi connectivity index (χ2n) is 5.63. The van der Waals surface area contributed by atoms with E-state index in [0.717, 1.165) is 5.56 Å². The van der Waals surface area contributed by atoms with Crippen LogP contribution in [-0.2, 0) is 25.6 Å². The standard InChI is InChI=1S/C16H23N3O4/c1-12(2)19(10-13-4-3-5-17-8-13)15(20)9-18-16(21)14-11-22-6-7-23-14/h3-5,8,12,14H,6-7,9-11H2,1-2H3,(H,18,21). The lowest BCUT2D eigenvalue weighted by Gasteiger charge is -2.27. The number of carbonyl (C=O) groups excluding carboxylic acids is 2. The zero-order chi connectivity index (χ0) is 16.7. The smallest absolute Gasteiger partial charge is 0.251 e. The van der Waals surface area contributed by atoms with Crippen LogP contribution in [0.1, 0.15) is 19.4 Å². The molecule has 7 heteroatoms. The number of amides is 2. The van der Waals surface area contributed by atoms with Gasteiger partial charge in [-0.25, -0.2) is 0 Å². The largest absolute Gasteiger partial charge is 0.376 e. The van der Waals surface area contributed by atoms with E-state index < -0.39 is 6.10 Å². The molecule has 1 aliphatic rings. The van der Waals surface area contributed by atoms with Gasteiger partial charge < -0.3 is 19.7 Å². The first-order valence-corrected chi connectivity index (χ1v) is 7.73. The Morgan fingerprint density at radius 2 is 2.26 bits per heavy atom. The minimum Gasteiger partial charge on any atom is -0.376 e. The third kappa shape index (κ3) is 5.30. The van der Waals surface area contributed by atoms with Crippen molar-refractivity contribution in [2.75, 3.05) is 26.4 Å². The van der Waals surface area contributed by atoms with E-state index in [-0.39, 0.29) is 31.0 Å². The molecule has 0 saturated carbocycles. The highest BCUT2D eigenvalue weighted by Crippen LogP contribution is 2.07. The molecular weight excluding hydrogens is 298 g/mol. The molecule has 2 rings (SSSR count). The second-order valence-corrected chi connectivity index (χ2v) is 5.63. The number of carbonyl (C=O) groups is 2. The third-order valence-corrected chi connectivity index (χ3v) is 3.54. The van der Waals surface area contributed by atoms with Crippen molar-refractivity contribution in [1.29, 1.82) is 0 Å². The van der Waals surface area contributed by atoms with Gasteiger partial charge in [0.15, 0.2) is 6.10 Å². The monoisotopic (exact) mass is 321 g/mol. The maximum atomic E-state index is 12.4. The number of pyridine rings is 1. The first kappa shape index (κ1) is 17.4. The van der Waals surface area contributed by atoms with Crippen molar-refractivity contribution in [1.82, 2.24) is 15.2 Å². The molecule has 0 radical (unpaired) electrons. The molecule has 2 heterocycles. The van der Waals surface area contributed by atoms with E-state index in [1.165, 1.54) is 0 Å². The van der Waals surface area contributed by atoms with Crippen LogP contribution in [0.4, 0.5) is 0 Å². The molecule has 1 saturated heterocycles. The minimum absolute atomic E-state index is 0.0221. The Kier molecular flexibility index (Phi) is 6.49. The fraction of sp³-hybridized carbons (Fsp3) is 0.562. The SMILES string of the molecule is CC(C)N(Cc1cccnc1)C(=O)CNC(=O)C1COCCO1. The van der Waals surface area contributed by atoms with Crippen LogP contribution in [0.15, 0.2) is 24.5 Å². The average Bonchev–Trinajstić information content (AvgIpc) is 2.58. The number of nitrogens with one attached hydrogen (secondary N) is 1. The summed E-state index contributed by atoms with van der Waals surface area (Å²) in [7, 11) is 0. The van der Waals surface area contributed by atoms with Gasteiger partial charge in [-0.05, 0) is 25.5 Å². The molecule has 0 aliphatic carbocycles. The van der Waals surface area contributed by atoms with Gasteiger partial charge in [-0.1, -0.05) is 6.07 Å². The van der Waals surface area contributed by atoms with Gasteiger partial charge in [0.1, 0.15) is 0 Å². The quantitative estimate of drug-likeness (QED) is 0.818. The molecule has 1 aromatic heterocycles. The van der Waals surface area contributed by atoms with E-state index >= 15 is 0 Å². The van der Waals surface area contributed by atoms with Crippen molar-refractivity contribution in [3.63, 3.8) is 0 Å². The Bertz CT molecular complexity index is 515. The number of aromatic nitrogens is 1. The van der Waals surface area contributed by atoms with Gasteiger partial charge in [0.2, 0.25) is 5.91 Å². The van der Waals surface area contributed by atoms with E-state index in [4.69, 9.17) is 9.47 Å². The van der Waals surface area contributed by atoms with Crippen molar-refractivity contribution in [3.05, 3.63) is 30.1 Å².